The fourth-order valence-corrected chi connectivity index (χ4v) is 3.78. The standard InChI is InChI=1S/C21H23N3O/c1-14-6-2-4-8-18(14)24-21(25)11-10-15-12-17-16-7-3-5-9-19(16)23-20(17)13-22-15/h3,5,7,9-14,18,23H,2,4,6,8H2,1H3,(H,24,25)/b11-10+. The summed E-state index contributed by atoms with van der Waals surface area (Å²) >= 11 is 0. The van der Waals surface area contributed by atoms with Crippen LogP contribution < -0.4 is 5.32 Å². The van der Waals surface area contributed by atoms with Gasteiger partial charge in [-0.3, -0.25) is 9.78 Å². The molecule has 4 heteroatoms. The van der Waals surface area contributed by atoms with E-state index in [1.807, 2.05) is 24.4 Å². The van der Waals surface area contributed by atoms with Crippen molar-refractivity contribution in [3.63, 3.8) is 0 Å². The second kappa shape index (κ2) is 6.71. The Morgan fingerprint density at radius 2 is 2.04 bits per heavy atom. The fourth-order valence-electron chi connectivity index (χ4n) is 3.78. The number of para-hydroxylation sites is 1. The summed E-state index contributed by atoms with van der Waals surface area (Å²) in [6, 6.07) is 10.5. The molecule has 2 unspecified atom stereocenters. The largest absolute Gasteiger partial charge is 0.353 e. The normalized spacial score (nSPS) is 21.2. The number of H-pyrrole nitrogens is 1. The van der Waals surface area contributed by atoms with E-state index >= 15 is 0 Å². The summed E-state index contributed by atoms with van der Waals surface area (Å²) in [5.41, 5.74) is 2.91. The van der Waals surface area contributed by atoms with Crippen LogP contribution in [-0.4, -0.2) is 21.9 Å². The number of rotatable bonds is 3. The Labute approximate surface area is 147 Å². The Bertz CT molecular complexity index is 941. The van der Waals surface area contributed by atoms with Crippen LogP contribution in [0.3, 0.4) is 0 Å². The lowest BCUT2D eigenvalue weighted by molar-refractivity contribution is -0.117. The zero-order valence-electron chi connectivity index (χ0n) is 14.5. The third kappa shape index (κ3) is 3.29. The zero-order chi connectivity index (χ0) is 17.2. The molecule has 1 aliphatic carbocycles. The minimum Gasteiger partial charge on any atom is -0.353 e. The number of fused-ring (bicyclic) bond motifs is 3. The minimum absolute atomic E-state index is 0.0282. The molecule has 25 heavy (non-hydrogen) atoms. The Hall–Kier alpha value is -2.62. The summed E-state index contributed by atoms with van der Waals surface area (Å²) in [6.07, 6.45) is 9.99. The smallest absolute Gasteiger partial charge is 0.244 e. The number of carbonyl (C=O) groups excluding carboxylic acids is 1. The minimum atomic E-state index is -0.0282. The van der Waals surface area contributed by atoms with Crippen molar-refractivity contribution < 1.29 is 4.79 Å². The van der Waals surface area contributed by atoms with Gasteiger partial charge in [0.05, 0.1) is 17.4 Å². The van der Waals surface area contributed by atoms with Crippen molar-refractivity contribution >= 4 is 33.8 Å². The molecule has 2 heterocycles. The molecule has 128 valence electrons. The van der Waals surface area contributed by atoms with Gasteiger partial charge in [-0.25, -0.2) is 0 Å². The van der Waals surface area contributed by atoms with E-state index in [4.69, 9.17) is 0 Å². The van der Waals surface area contributed by atoms with Crippen LogP contribution in [0, 0.1) is 5.92 Å². The number of aromatic nitrogens is 2. The van der Waals surface area contributed by atoms with E-state index in [9.17, 15) is 4.79 Å². The molecule has 1 amide bonds. The van der Waals surface area contributed by atoms with Gasteiger partial charge in [-0.2, -0.15) is 0 Å². The van der Waals surface area contributed by atoms with E-state index < -0.39 is 0 Å². The van der Waals surface area contributed by atoms with Gasteiger partial charge in [-0.05, 0) is 37.0 Å². The number of hydrogen-bond donors (Lipinski definition) is 2. The first kappa shape index (κ1) is 15.9. The highest BCUT2D eigenvalue weighted by molar-refractivity contribution is 6.07. The lowest BCUT2D eigenvalue weighted by Gasteiger charge is -2.29. The molecule has 2 N–H and O–H groups in total. The van der Waals surface area contributed by atoms with Crippen LogP contribution in [-0.2, 0) is 4.79 Å². The zero-order valence-corrected chi connectivity index (χ0v) is 14.5. The number of pyridine rings is 1. The van der Waals surface area contributed by atoms with Gasteiger partial charge < -0.3 is 10.3 Å². The number of benzene rings is 1. The van der Waals surface area contributed by atoms with Gasteiger partial charge >= 0.3 is 0 Å². The molecule has 0 bridgehead atoms. The highest BCUT2D eigenvalue weighted by Gasteiger charge is 2.21. The SMILES string of the molecule is CC1CCCCC1NC(=O)/C=C/c1cc2c(cn1)[nH]c1ccccc12. The summed E-state index contributed by atoms with van der Waals surface area (Å²) in [7, 11) is 0. The monoisotopic (exact) mass is 333 g/mol. The first-order valence-electron chi connectivity index (χ1n) is 9.06. The molecule has 1 aliphatic rings. The molecule has 0 spiro atoms. The molecule has 2 atom stereocenters. The number of hydrogen-bond acceptors (Lipinski definition) is 2. The maximum absolute atomic E-state index is 12.2. The molecule has 4 rings (SSSR count). The number of carbonyl (C=O) groups is 1. The van der Waals surface area contributed by atoms with E-state index in [0.717, 1.165) is 28.5 Å². The molecule has 4 nitrogen and oxygen atoms in total. The predicted molar refractivity (Wildman–Crippen MR) is 102 cm³/mol. The van der Waals surface area contributed by atoms with Crippen molar-refractivity contribution in [2.45, 2.75) is 38.6 Å². The van der Waals surface area contributed by atoms with Crippen molar-refractivity contribution in [3.05, 3.63) is 48.3 Å². The number of aromatic amines is 1. The third-order valence-electron chi connectivity index (χ3n) is 5.26. The Morgan fingerprint density at radius 3 is 2.92 bits per heavy atom. The third-order valence-corrected chi connectivity index (χ3v) is 5.26. The van der Waals surface area contributed by atoms with Gasteiger partial charge in [0.15, 0.2) is 0 Å². The van der Waals surface area contributed by atoms with Gasteiger partial charge in [0, 0.05) is 28.4 Å². The lowest BCUT2D eigenvalue weighted by atomic mass is 9.86. The van der Waals surface area contributed by atoms with Crippen LogP contribution in [0.5, 0.6) is 0 Å². The Kier molecular flexibility index (Phi) is 4.26. The van der Waals surface area contributed by atoms with Crippen molar-refractivity contribution in [2.24, 2.45) is 5.92 Å². The molecule has 0 radical (unpaired) electrons. The summed E-state index contributed by atoms with van der Waals surface area (Å²) < 4.78 is 0. The number of amides is 1. The van der Waals surface area contributed by atoms with Gasteiger partial charge in [-0.1, -0.05) is 38.0 Å². The van der Waals surface area contributed by atoms with E-state index in [-0.39, 0.29) is 5.91 Å². The maximum atomic E-state index is 12.2. The summed E-state index contributed by atoms with van der Waals surface area (Å²) in [5, 5.41) is 5.45. The Morgan fingerprint density at radius 1 is 1.20 bits per heavy atom. The second-order valence-corrected chi connectivity index (χ2v) is 7.04. The molecule has 1 fully saturated rings. The van der Waals surface area contributed by atoms with Gasteiger partial charge in [0.25, 0.3) is 0 Å². The number of nitrogens with zero attached hydrogens (tertiary/aromatic N) is 1. The van der Waals surface area contributed by atoms with Crippen LogP contribution in [0.15, 0.2) is 42.6 Å². The topological polar surface area (TPSA) is 57.8 Å². The van der Waals surface area contributed by atoms with Crippen molar-refractivity contribution in [1.82, 2.24) is 15.3 Å². The average molecular weight is 333 g/mol. The van der Waals surface area contributed by atoms with Crippen LogP contribution >= 0.6 is 0 Å². The van der Waals surface area contributed by atoms with Crippen LogP contribution in [0.25, 0.3) is 27.9 Å². The fraction of sp³-hybridized carbons (Fsp3) is 0.333. The molecular formula is C21H23N3O. The quantitative estimate of drug-likeness (QED) is 0.697. The highest BCUT2D eigenvalue weighted by atomic mass is 16.1. The molecule has 3 aromatic rings. The van der Waals surface area contributed by atoms with Crippen LogP contribution in [0.4, 0.5) is 0 Å². The molecule has 1 aromatic carbocycles. The molecule has 2 aromatic heterocycles. The van der Waals surface area contributed by atoms with Crippen LogP contribution in [0.2, 0.25) is 0 Å². The highest BCUT2D eigenvalue weighted by Crippen LogP contribution is 2.25. The second-order valence-electron chi connectivity index (χ2n) is 7.04. The van der Waals surface area contributed by atoms with Crippen molar-refractivity contribution in [1.29, 1.82) is 0 Å². The molecule has 1 saturated carbocycles. The van der Waals surface area contributed by atoms with Crippen molar-refractivity contribution in [2.75, 3.05) is 0 Å². The van der Waals surface area contributed by atoms with Crippen molar-refractivity contribution in [3.8, 4) is 0 Å². The van der Waals surface area contributed by atoms with Gasteiger partial charge in [0.2, 0.25) is 5.91 Å². The first-order valence-corrected chi connectivity index (χ1v) is 9.06. The summed E-state index contributed by atoms with van der Waals surface area (Å²) in [5.74, 6) is 0.534. The average Bonchev–Trinajstić information content (AvgIpc) is 3.00. The number of nitrogens with one attached hydrogen (secondary N) is 2. The van der Waals surface area contributed by atoms with Gasteiger partial charge in [0.1, 0.15) is 0 Å². The lowest BCUT2D eigenvalue weighted by Crippen LogP contribution is -2.40. The van der Waals surface area contributed by atoms with E-state index in [1.165, 1.54) is 24.6 Å². The molecular weight excluding hydrogens is 310 g/mol. The summed E-state index contributed by atoms with van der Waals surface area (Å²) in [4.78, 5) is 20.0. The predicted octanol–water partition coefficient (Wildman–Crippen LogP) is 4.42. The maximum Gasteiger partial charge on any atom is 0.244 e. The van der Waals surface area contributed by atoms with Crippen LogP contribution in [0.1, 0.15) is 38.3 Å². The summed E-state index contributed by atoms with van der Waals surface area (Å²) in [6.45, 7) is 2.22. The Balaban J connectivity index is 1.52. The first-order chi connectivity index (χ1) is 12.2. The molecule has 0 saturated heterocycles. The van der Waals surface area contributed by atoms with E-state index in [0.29, 0.717) is 12.0 Å². The van der Waals surface area contributed by atoms with E-state index in [2.05, 4.69) is 34.3 Å². The van der Waals surface area contributed by atoms with E-state index in [1.54, 1.807) is 12.2 Å². The van der Waals surface area contributed by atoms with Gasteiger partial charge in [-0.15, -0.1) is 0 Å². The molecule has 0 aliphatic heterocycles.